The molecule has 0 aliphatic heterocycles. The summed E-state index contributed by atoms with van der Waals surface area (Å²) in [4.78, 5) is 32.8. The summed E-state index contributed by atoms with van der Waals surface area (Å²) in [5.41, 5.74) is 6.13. The number of hydrogen-bond donors (Lipinski definition) is 2. The number of amides is 1. The standard InChI is InChI=1S/C12H14N2O5/c13-8-3-1-7(2-4-8)11(17)14-9(12(18)19)5-6-10(15)16/h1-4,9H,5-6,13H2,(H,14,17)(H,15,16)(H,18,19)/p-2/t9-/m1/s1. The lowest BCUT2D eigenvalue weighted by Crippen LogP contribution is -2.48. The molecule has 1 aromatic rings. The van der Waals surface area contributed by atoms with Gasteiger partial charge in [-0.1, -0.05) is 0 Å². The SMILES string of the molecule is Nc1ccc(C(=O)N[C@H](CCC(=O)[O-])C(=O)[O-])cc1. The molecule has 19 heavy (non-hydrogen) atoms. The highest BCUT2D eigenvalue weighted by Crippen LogP contribution is 2.06. The minimum Gasteiger partial charge on any atom is -0.550 e. The first kappa shape index (κ1) is 14.5. The lowest BCUT2D eigenvalue weighted by atomic mass is 10.1. The Morgan fingerprint density at radius 2 is 1.74 bits per heavy atom. The third-order valence-corrected chi connectivity index (χ3v) is 2.40. The molecule has 1 rings (SSSR count). The van der Waals surface area contributed by atoms with Crippen LogP contribution in [0.25, 0.3) is 0 Å². The molecule has 7 nitrogen and oxygen atoms in total. The summed E-state index contributed by atoms with van der Waals surface area (Å²) in [5.74, 6) is -3.59. The zero-order valence-electron chi connectivity index (χ0n) is 9.92. The summed E-state index contributed by atoms with van der Waals surface area (Å²) in [6.45, 7) is 0. The number of nitrogens with two attached hydrogens (primary N) is 1. The van der Waals surface area contributed by atoms with E-state index in [-0.39, 0.29) is 12.0 Å². The van der Waals surface area contributed by atoms with Gasteiger partial charge in [-0.3, -0.25) is 4.79 Å². The number of carboxylic acid groups (broad SMARTS) is 2. The number of hydrogen-bond acceptors (Lipinski definition) is 6. The van der Waals surface area contributed by atoms with E-state index in [1.807, 2.05) is 0 Å². The molecule has 0 aliphatic carbocycles. The van der Waals surface area contributed by atoms with Gasteiger partial charge in [-0.15, -0.1) is 0 Å². The van der Waals surface area contributed by atoms with Gasteiger partial charge in [-0.25, -0.2) is 0 Å². The Balaban J connectivity index is 2.68. The van der Waals surface area contributed by atoms with Crippen LogP contribution in [0.3, 0.4) is 0 Å². The Morgan fingerprint density at radius 1 is 1.16 bits per heavy atom. The molecule has 0 saturated heterocycles. The van der Waals surface area contributed by atoms with E-state index in [1.54, 1.807) is 0 Å². The zero-order chi connectivity index (χ0) is 14.4. The molecule has 1 amide bonds. The second-order valence-corrected chi connectivity index (χ2v) is 3.88. The molecule has 1 aromatic carbocycles. The van der Waals surface area contributed by atoms with Gasteiger partial charge < -0.3 is 30.9 Å². The average Bonchev–Trinajstić information content (AvgIpc) is 2.34. The van der Waals surface area contributed by atoms with Crippen molar-refractivity contribution in [3.8, 4) is 0 Å². The van der Waals surface area contributed by atoms with E-state index in [0.29, 0.717) is 5.69 Å². The first-order valence-corrected chi connectivity index (χ1v) is 5.47. The molecule has 0 aromatic heterocycles. The molecule has 0 saturated carbocycles. The second-order valence-electron chi connectivity index (χ2n) is 3.88. The van der Waals surface area contributed by atoms with Gasteiger partial charge in [-0.05, 0) is 37.1 Å². The third kappa shape index (κ3) is 4.66. The van der Waals surface area contributed by atoms with Crippen molar-refractivity contribution < 1.29 is 24.6 Å². The van der Waals surface area contributed by atoms with Crippen LogP contribution in [-0.4, -0.2) is 23.9 Å². The van der Waals surface area contributed by atoms with Gasteiger partial charge in [0.15, 0.2) is 0 Å². The van der Waals surface area contributed by atoms with E-state index in [2.05, 4.69) is 5.32 Å². The summed E-state index contributed by atoms with van der Waals surface area (Å²) in [6, 6.07) is 4.45. The van der Waals surface area contributed by atoms with Crippen molar-refractivity contribution in [2.45, 2.75) is 18.9 Å². The Bertz CT molecular complexity index is 483. The van der Waals surface area contributed by atoms with Gasteiger partial charge in [0.05, 0.1) is 12.0 Å². The average molecular weight is 264 g/mol. The largest absolute Gasteiger partial charge is 0.550 e. The fourth-order valence-electron chi connectivity index (χ4n) is 1.39. The van der Waals surface area contributed by atoms with Crippen molar-refractivity contribution in [3.63, 3.8) is 0 Å². The normalized spacial score (nSPS) is 11.6. The number of carboxylic acids is 2. The fraction of sp³-hybridized carbons (Fsp3) is 0.250. The minimum absolute atomic E-state index is 0.217. The van der Waals surface area contributed by atoms with E-state index < -0.39 is 30.3 Å². The Hall–Kier alpha value is -2.57. The summed E-state index contributed by atoms with van der Waals surface area (Å²) in [6.07, 6.45) is -0.786. The molecule has 0 unspecified atom stereocenters. The van der Waals surface area contributed by atoms with Crippen LogP contribution < -0.4 is 21.3 Å². The summed E-state index contributed by atoms with van der Waals surface area (Å²) in [7, 11) is 0. The van der Waals surface area contributed by atoms with E-state index in [1.165, 1.54) is 24.3 Å². The Kier molecular flexibility index (Phi) is 4.87. The van der Waals surface area contributed by atoms with Crippen LogP contribution in [0.2, 0.25) is 0 Å². The molecule has 102 valence electrons. The molecule has 0 aliphatic rings. The maximum Gasteiger partial charge on any atom is 0.251 e. The van der Waals surface area contributed by atoms with E-state index in [4.69, 9.17) is 5.73 Å². The Morgan fingerprint density at radius 3 is 2.21 bits per heavy atom. The number of anilines is 1. The number of benzene rings is 1. The van der Waals surface area contributed by atoms with Crippen molar-refractivity contribution in [3.05, 3.63) is 29.8 Å². The van der Waals surface area contributed by atoms with E-state index in [9.17, 15) is 24.6 Å². The third-order valence-electron chi connectivity index (χ3n) is 2.40. The monoisotopic (exact) mass is 264 g/mol. The second kappa shape index (κ2) is 6.39. The van der Waals surface area contributed by atoms with Gasteiger partial charge in [0.1, 0.15) is 0 Å². The van der Waals surface area contributed by atoms with Crippen LogP contribution in [0.15, 0.2) is 24.3 Å². The summed E-state index contributed by atoms with van der Waals surface area (Å²) < 4.78 is 0. The van der Waals surface area contributed by atoms with Crippen LogP contribution in [0.4, 0.5) is 5.69 Å². The number of nitrogens with one attached hydrogen (secondary N) is 1. The number of rotatable bonds is 6. The van der Waals surface area contributed by atoms with Crippen LogP contribution >= 0.6 is 0 Å². The molecule has 3 N–H and O–H groups in total. The van der Waals surface area contributed by atoms with E-state index in [0.717, 1.165) is 0 Å². The van der Waals surface area contributed by atoms with Crippen LogP contribution in [0, 0.1) is 0 Å². The highest BCUT2D eigenvalue weighted by atomic mass is 16.4. The van der Waals surface area contributed by atoms with Crippen LogP contribution in [0.5, 0.6) is 0 Å². The van der Waals surface area contributed by atoms with Gasteiger partial charge in [0.2, 0.25) is 0 Å². The quantitative estimate of drug-likeness (QED) is 0.552. The lowest BCUT2D eigenvalue weighted by molar-refractivity contribution is -0.309. The smallest absolute Gasteiger partial charge is 0.251 e. The first-order valence-electron chi connectivity index (χ1n) is 5.47. The van der Waals surface area contributed by atoms with Crippen molar-refractivity contribution in [2.75, 3.05) is 5.73 Å². The molecule has 7 heteroatoms. The highest BCUT2D eigenvalue weighted by molar-refractivity contribution is 5.96. The van der Waals surface area contributed by atoms with E-state index >= 15 is 0 Å². The molecule has 0 bridgehead atoms. The summed E-state index contributed by atoms with van der Waals surface area (Å²) >= 11 is 0. The van der Waals surface area contributed by atoms with Crippen LogP contribution in [0.1, 0.15) is 23.2 Å². The Labute approximate surface area is 109 Å². The van der Waals surface area contributed by atoms with Gasteiger partial charge in [0, 0.05) is 17.2 Å². The van der Waals surface area contributed by atoms with Crippen molar-refractivity contribution in [1.29, 1.82) is 0 Å². The topological polar surface area (TPSA) is 135 Å². The molecular weight excluding hydrogens is 252 g/mol. The van der Waals surface area contributed by atoms with Crippen molar-refractivity contribution in [1.82, 2.24) is 5.32 Å². The van der Waals surface area contributed by atoms with Gasteiger partial charge >= 0.3 is 0 Å². The minimum atomic E-state index is -1.55. The molecular formula is C12H12N2O5-2. The lowest BCUT2D eigenvalue weighted by Gasteiger charge is -2.19. The van der Waals surface area contributed by atoms with Crippen molar-refractivity contribution >= 4 is 23.5 Å². The number of carbonyl (C=O) groups excluding carboxylic acids is 3. The number of carbonyl (C=O) groups is 3. The zero-order valence-corrected chi connectivity index (χ0v) is 9.92. The fourth-order valence-corrected chi connectivity index (χ4v) is 1.39. The maximum atomic E-state index is 11.7. The predicted octanol–water partition coefficient (Wildman–Crippen LogP) is -2.35. The predicted molar refractivity (Wildman–Crippen MR) is 61.4 cm³/mol. The first-order chi connectivity index (χ1) is 8.90. The molecule has 0 radical (unpaired) electrons. The highest BCUT2D eigenvalue weighted by Gasteiger charge is 2.14. The van der Waals surface area contributed by atoms with Crippen molar-refractivity contribution in [2.24, 2.45) is 0 Å². The summed E-state index contributed by atoms with van der Waals surface area (Å²) in [5, 5.41) is 23.2. The number of aliphatic carboxylic acids is 2. The molecule has 1 atom stereocenters. The maximum absolute atomic E-state index is 11.7. The number of nitrogen functional groups attached to an aromatic ring is 1. The molecule has 0 heterocycles. The molecule has 0 fully saturated rings. The van der Waals surface area contributed by atoms with Gasteiger partial charge in [0.25, 0.3) is 5.91 Å². The van der Waals surface area contributed by atoms with Crippen LogP contribution in [-0.2, 0) is 9.59 Å². The van der Waals surface area contributed by atoms with Gasteiger partial charge in [-0.2, -0.15) is 0 Å². The molecule has 0 spiro atoms.